The third-order valence-electron chi connectivity index (χ3n) is 5.32. The number of nitrogens with zero attached hydrogens (tertiary/aromatic N) is 1. The Morgan fingerprint density at radius 2 is 1.79 bits per heavy atom. The van der Waals surface area contributed by atoms with Crippen molar-refractivity contribution < 1.29 is 19.5 Å². The van der Waals surface area contributed by atoms with Crippen molar-refractivity contribution in [2.75, 3.05) is 30.3 Å². The first kappa shape index (κ1) is 18.0. The molecule has 0 bridgehead atoms. The quantitative estimate of drug-likeness (QED) is 0.762. The Bertz CT molecular complexity index is 939. The van der Waals surface area contributed by atoms with E-state index in [0.29, 0.717) is 24.3 Å². The fourth-order valence-corrected chi connectivity index (χ4v) is 3.82. The first-order valence-corrected chi connectivity index (χ1v) is 9.31. The largest absolute Gasteiger partial charge is 0.478 e. The van der Waals surface area contributed by atoms with Gasteiger partial charge in [-0.1, -0.05) is 12.1 Å². The Hall–Kier alpha value is -3.35. The van der Waals surface area contributed by atoms with E-state index in [0.717, 1.165) is 24.1 Å². The molecule has 2 amide bonds. The van der Waals surface area contributed by atoms with Gasteiger partial charge >= 0.3 is 5.97 Å². The van der Waals surface area contributed by atoms with Crippen LogP contribution in [0.2, 0.25) is 0 Å². The van der Waals surface area contributed by atoms with Gasteiger partial charge in [0.1, 0.15) is 0 Å². The Labute approximate surface area is 162 Å². The fraction of sp³-hybridized carbons (Fsp3) is 0.286. The summed E-state index contributed by atoms with van der Waals surface area (Å²) in [7, 11) is 0. The Kier molecular flexibility index (Phi) is 4.73. The van der Waals surface area contributed by atoms with E-state index in [1.165, 1.54) is 0 Å². The SMILES string of the molecule is O=C1CNc2ccc(C(=O)N3CCC[C@H](c4ccc(C(=O)O)cc4)C3)cc2N1. The molecule has 7 nitrogen and oxygen atoms in total. The van der Waals surface area contributed by atoms with Crippen LogP contribution < -0.4 is 10.6 Å². The van der Waals surface area contributed by atoms with Gasteiger partial charge in [0.25, 0.3) is 5.91 Å². The van der Waals surface area contributed by atoms with Crippen LogP contribution in [-0.4, -0.2) is 47.4 Å². The van der Waals surface area contributed by atoms with E-state index in [2.05, 4.69) is 10.6 Å². The van der Waals surface area contributed by atoms with Gasteiger partial charge in [0.15, 0.2) is 0 Å². The lowest BCUT2D eigenvalue weighted by Crippen LogP contribution is -2.39. The molecular formula is C21H21N3O4. The summed E-state index contributed by atoms with van der Waals surface area (Å²) in [6.45, 7) is 1.51. The molecule has 0 saturated carbocycles. The number of hydrogen-bond donors (Lipinski definition) is 3. The summed E-state index contributed by atoms with van der Waals surface area (Å²) in [4.78, 5) is 37.4. The number of rotatable bonds is 3. The first-order chi connectivity index (χ1) is 13.5. The summed E-state index contributed by atoms with van der Waals surface area (Å²) in [6, 6.07) is 12.2. The van der Waals surface area contributed by atoms with Crippen molar-refractivity contribution >= 4 is 29.2 Å². The number of piperidine rings is 1. The molecule has 2 aromatic rings. The fourth-order valence-electron chi connectivity index (χ4n) is 3.82. The van der Waals surface area contributed by atoms with E-state index in [4.69, 9.17) is 5.11 Å². The average molecular weight is 379 g/mol. The highest BCUT2D eigenvalue weighted by Gasteiger charge is 2.26. The van der Waals surface area contributed by atoms with Crippen LogP contribution in [0.3, 0.4) is 0 Å². The molecule has 0 aromatic heterocycles. The van der Waals surface area contributed by atoms with Crippen molar-refractivity contribution in [3.63, 3.8) is 0 Å². The van der Waals surface area contributed by atoms with Crippen LogP contribution >= 0.6 is 0 Å². The van der Waals surface area contributed by atoms with Crippen LogP contribution in [0.25, 0.3) is 0 Å². The molecule has 144 valence electrons. The molecule has 28 heavy (non-hydrogen) atoms. The lowest BCUT2D eigenvalue weighted by atomic mass is 9.90. The lowest BCUT2D eigenvalue weighted by molar-refractivity contribution is -0.114. The molecule has 2 aliphatic heterocycles. The zero-order chi connectivity index (χ0) is 19.7. The minimum atomic E-state index is -0.944. The number of carboxylic acids is 1. The normalized spacial score (nSPS) is 18.6. The second-order valence-electron chi connectivity index (χ2n) is 7.18. The number of aromatic carboxylic acids is 1. The molecule has 4 rings (SSSR count). The first-order valence-electron chi connectivity index (χ1n) is 9.31. The van der Waals surface area contributed by atoms with Gasteiger partial charge in [-0.2, -0.15) is 0 Å². The minimum absolute atomic E-state index is 0.0607. The van der Waals surface area contributed by atoms with Crippen molar-refractivity contribution in [2.45, 2.75) is 18.8 Å². The third kappa shape index (κ3) is 3.55. The van der Waals surface area contributed by atoms with Gasteiger partial charge in [-0.25, -0.2) is 4.79 Å². The molecular weight excluding hydrogens is 358 g/mol. The number of hydrogen-bond acceptors (Lipinski definition) is 4. The number of amides is 2. The zero-order valence-electron chi connectivity index (χ0n) is 15.3. The van der Waals surface area contributed by atoms with Crippen molar-refractivity contribution in [3.8, 4) is 0 Å². The number of anilines is 2. The van der Waals surface area contributed by atoms with Crippen LogP contribution in [0.5, 0.6) is 0 Å². The van der Waals surface area contributed by atoms with Gasteiger partial charge in [0.2, 0.25) is 5.91 Å². The molecule has 0 aliphatic carbocycles. The Morgan fingerprint density at radius 3 is 2.54 bits per heavy atom. The topological polar surface area (TPSA) is 98.7 Å². The van der Waals surface area contributed by atoms with E-state index in [1.54, 1.807) is 24.3 Å². The van der Waals surface area contributed by atoms with Gasteiger partial charge in [-0.15, -0.1) is 0 Å². The minimum Gasteiger partial charge on any atom is -0.478 e. The summed E-state index contributed by atoms with van der Waals surface area (Å²) < 4.78 is 0. The lowest BCUT2D eigenvalue weighted by Gasteiger charge is -2.33. The molecule has 1 fully saturated rings. The Morgan fingerprint density at radius 1 is 1.04 bits per heavy atom. The monoisotopic (exact) mass is 379 g/mol. The van der Waals surface area contributed by atoms with Crippen molar-refractivity contribution in [2.24, 2.45) is 0 Å². The highest BCUT2D eigenvalue weighted by Crippen LogP contribution is 2.30. The van der Waals surface area contributed by atoms with Crippen LogP contribution in [-0.2, 0) is 4.79 Å². The molecule has 2 heterocycles. The van der Waals surface area contributed by atoms with Crippen molar-refractivity contribution in [3.05, 3.63) is 59.2 Å². The van der Waals surface area contributed by atoms with E-state index in [-0.39, 0.29) is 29.8 Å². The predicted octanol–water partition coefficient (Wildman–Crippen LogP) is 2.77. The number of likely N-dealkylation sites (tertiary alicyclic amines) is 1. The number of benzene rings is 2. The number of carboxylic acid groups (broad SMARTS) is 1. The van der Waals surface area contributed by atoms with Crippen molar-refractivity contribution in [1.82, 2.24) is 4.90 Å². The van der Waals surface area contributed by atoms with E-state index in [9.17, 15) is 14.4 Å². The van der Waals surface area contributed by atoms with Crippen LogP contribution in [0.15, 0.2) is 42.5 Å². The van der Waals surface area contributed by atoms with Gasteiger partial charge in [-0.05, 0) is 48.7 Å². The maximum atomic E-state index is 13.0. The van der Waals surface area contributed by atoms with Crippen LogP contribution in [0.4, 0.5) is 11.4 Å². The van der Waals surface area contributed by atoms with Crippen molar-refractivity contribution in [1.29, 1.82) is 0 Å². The summed E-state index contributed by atoms with van der Waals surface area (Å²) in [6.07, 6.45) is 1.85. The standard InChI is InChI=1S/C21H21N3O4/c25-19-11-22-17-8-7-15(10-18(17)23-19)20(26)24-9-1-2-16(12-24)13-3-5-14(6-4-13)21(27)28/h3-8,10,16,22H,1-2,9,11-12H2,(H,23,25)(H,27,28)/t16-/m0/s1. The maximum Gasteiger partial charge on any atom is 0.335 e. The van der Waals surface area contributed by atoms with Crippen LogP contribution in [0.1, 0.15) is 45.0 Å². The predicted molar refractivity (Wildman–Crippen MR) is 105 cm³/mol. The van der Waals surface area contributed by atoms with Gasteiger partial charge in [0.05, 0.1) is 23.5 Å². The second-order valence-corrected chi connectivity index (χ2v) is 7.18. The number of fused-ring (bicyclic) bond motifs is 1. The summed E-state index contributed by atoms with van der Waals surface area (Å²) in [5, 5.41) is 14.9. The average Bonchev–Trinajstić information content (AvgIpc) is 2.73. The third-order valence-corrected chi connectivity index (χ3v) is 5.32. The molecule has 0 radical (unpaired) electrons. The molecule has 7 heteroatoms. The highest BCUT2D eigenvalue weighted by molar-refractivity contribution is 6.03. The van der Waals surface area contributed by atoms with Gasteiger partial charge < -0.3 is 20.6 Å². The highest BCUT2D eigenvalue weighted by atomic mass is 16.4. The molecule has 0 spiro atoms. The molecule has 1 saturated heterocycles. The van der Waals surface area contributed by atoms with Gasteiger partial charge in [0, 0.05) is 24.6 Å². The molecule has 0 unspecified atom stereocenters. The van der Waals surface area contributed by atoms with E-state index in [1.807, 2.05) is 23.1 Å². The number of nitrogens with one attached hydrogen (secondary N) is 2. The molecule has 1 atom stereocenters. The molecule has 2 aromatic carbocycles. The van der Waals surface area contributed by atoms with E-state index >= 15 is 0 Å². The van der Waals surface area contributed by atoms with Gasteiger partial charge in [-0.3, -0.25) is 9.59 Å². The molecule has 2 aliphatic rings. The summed E-state index contributed by atoms with van der Waals surface area (Å²) in [5.74, 6) is -0.949. The smallest absolute Gasteiger partial charge is 0.335 e. The maximum absolute atomic E-state index is 13.0. The number of carbonyl (C=O) groups is 3. The molecule has 3 N–H and O–H groups in total. The van der Waals surface area contributed by atoms with Crippen LogP contribution in [0, 0.1) is 0 Å². The second kappa shape index (κ2) is 7.34. The summed E-state index contributed by atoms with van der Waals surface area (Å²) in [5.41, 5.74) is 3.29. The number of carbonyl (C=O) groups excluding carboxylic acids is 2. The Balaban J connectivity index is 1.50. The zero-order valence-corrected chi connectivity index (χ0v) is 15.3. The summed E-state index contributed by atoms with van der Waals surface area (Å²) >= 11 is 0. The van der Waals surface area contributed by atoms with E-state index < -0.39 is 5.97 Å².